The summed E-state index contributed by atoms with van der Waals surface area (Å²) in [5.74, 6) is 3.41. The maximum Gasteiger partial charge on any atom is 0.203 e. The highest BCUT2D eigenvalue weighted by atomic mass is 32.2. The molecular weight excluding hydrogens is 450 g/mol. The summed E-state index contributed by atoms with van der Waals surface area (Å²) in [5.41, 5.74) is 4.38. The lowest BCUT2D eigenvalue weighted by Crippen LogP contribution is -2.08. The molecule has 0 bridgehead atoms. The molecule has 1 heterocycles. The van der Waals surface area contributed by atoms with Gasteiger partial charge in [-0.05, 0) is 48.6 Å². The first-order valence-electron chi connectivity index (χ1n) is 11.2. The van der Waals surface area contributed by atoms with Gasteiger partial charge in [0.25, 0.3) is 0 Å². The van der Waals surface area contributed by atoms with E-state index in [2.05, 4.69) is 36.7 Å². The molecule has 6 nitrogen and oxygen atoms in total. The first kappa shape index (κ1) is 25.7. The predicted octanol–water partition coefficient (Wildman–Crippen LogP) is 6.37. The second kappa shape index (κ2) is 12.0. The number of hydrogen-bond donors (Lipinski definition) is 1. The predicted molar refractivity (Wildman–Crippen MR) is 141 cm³/mol. The van der Waals surface area contributed by atoms with Gasteiger partial charge in [-0.2, -0.15) is 0 Å². The van der Waals surface area contributed by atoms with Crippen LogP contribution in [0.15, 0.2) is 43.5 Å². The smallest absolute Gasteiger partial charge is 0.203 e. The summed E-state index contributed by atoms with van der Waals surface area (Å²) < 4.78 is 28.2. The van der Waals surface area contributed by atoms with Crippen LogP contribution in [0.25, 0.3) is 0 Å². The first-order chi connectivity index (χ1) is 16.6. The fourth-order valence-corrected chi connectivity index (χ4v) is 6.02. The molecular formula is C27H35NO5S. The Morgan fingerprint density at radius 2 is 1.44 bits per heavy atom. The minimum Gasteiger partial charge on any atom is -0.493 e. The zero-order valence-corrected chi connectivity index (χ0v) is 21.6. The van der Waals surface area contributed by atoms with Gasteiger partial charge in [-0.1, -0.05) is 12.2 Å². The van der Waals surface area contributed by atoms with Crippen LogP contribution in [0.3, 0.4) is 0 Å². The second-order valence-electron chi connectivity index (χ2n) is 7.88. The largest absolute Gasteiger partial charge is 0.493 e. The average Bonchev–Trinajstić information content (AvgIpc) is 3.36. The first-order valence-corrected chi connectivity index (χ1v) is 12.2. The van der Waals surface area contributed by atoms with Gasteiger partial charge in [0.15, 0.2) is 23.0 Å². The second-order valence-corrected chi connectivity index (χ2v) is 9.29. The Hall–Kier alpha value is -2.93. The molecule has 2 aromatic rings. The Morgan fingerprint density at radius 1 is 0.824 bits per heavy atom. The van der Waals surface area contributed by atoms with Crippen molar-refractivity contribution in [1.82, 2.24) is 0 Å². The van der Waals surface area contributed by atoms with Crippen LogP contribution in [-0.4, -0.2) is 42.1 Å². The molecule has 1 saturated heterocycles. The topological polar surface area (TPSA) is 58.2 Å². The number of thioether (sulfide) groups is 1. The number of ether oxygens (including phenoxy) is 5. The van der Waals surface area contributed by atoms with Crippen molar-refractivity contribution in [3.63, 3.8) is 0 Å². The van der Waals surface area contributed by atoms with E-state index >= 15 is 0 Å². The summed E-state index contributed by atoms with van der Waals surface area (Å²) in [7, 11) is 8.27. The molecule has 0 amide bonds. The van der Waals surface area contributed by atoms with E-state index in [0.717, 1.165) is 41.2 Å². The van der Waals surface area contributed by atoms with Crippen LogP contribution in [0.2, 0.25) is 0 Å². The number of allylic oxidation sites excluding steroid dienone is 1. The number of nitrogens with one attached hydrogen (secondary N) is 1. The number of anilines is 1. The lowest BCUT2D eigenvalue weighted by Gasteiger charge is -2.23. The molecule has 0 aromatic heterocycles. The van der Waals surface area contributed by atoms with Crippen LogP contribution in [0, 0.1) is 0 Å². The van der Waals surface area contributed by atoms with Crippen molar-refractivity contribution in [3.05, 3.63) is 60.2 Å². The van der Waals surface area contributed by atoms with E-state index < -0.39 is 0 Å². The Kier molecular flexibility index (Phi) is 9.05. The minimum atomic E-state index is 0.278. The molecule has 1 fully saturated rings. The Labute approximate surface area is 207 Å². The van der Waals surface area contributed by atoms with Crippen LogP contribution in [0.5, 0.6) is 28.7 Å². The maximum absolute atomic E-state index is 5.84. The quantitative estimate of drug-likeness (QED) is 0.351. The standard InChI is InChI=1S/C27H35NO5S/c1-8-10-17-14-19(24(28-13-9-2)27(33-7)25(17)31-5)23-12-11-22(34-23)18-15-20(29-3)26(32-6)21(16-18)30-4/h8-9,14-16,22-23,28H,1-2,10-13H2,3-7H3/t22-,23-/m1/s1. The van der Waals surface area contributed by atoms with Crippen molar-refractivity contribution in [2.45, 2.75) is 29.8 Å². The maximum atomic E-state index is 5.84. The van der Waals surface area contributed by atoms with Crippen LogP contribution in [0.4, 0.5) is 5.69 Å². The minimum absolute atomic E-state index is 0.278. The number of rotatable bonds is 12. The molecule has 7 heteroatoms. The molecule has 184 valence electrons. The Balaban J connectivity index is 2.02. The molecule has 0 radical (unpaired) electrons. The summed E-state index contributed by atoms with van der Waals surface area (Å²) in [4.78, 5) is 0. The summed E-state index contributed by atoms with van der Waals surface area (Å²) >= 11 is 1.94. The van der Waals surface area contributed by atoms with Gasteiger partial charge in [0.2, 0.25) is 5.75 Å². The van der Waals surface area contributed by atoms with Crippen molar-refractivity contribution in [2.24, 2.45) is 0 Å². The number of benzene rings is 2. The zero-order chi connectivity index (χ0) is 24.7. The molecule has 2 atom stereocenters. The molecule has 0 saturated carbocycles. The molecule has 0 spiro atoms. The van der Waals surface area contributed by atoms with Gasteiger partial charge in [0.05, 0.1) is 41.2 Å². The SMILES string of the molecule is C=CCNc1c([C@H]2CC[C@H](c3cc(OC)c(OC)c(OC)c3)S2)cc(CC=C)c(OC)c1OC. The van der Waals surface area contributed by atoms with E-state index in [1.807, 2.05) is 23.9 Å². The van der Waals surface area contributed by atoms with E-state index in [-0.39, 0.29) is 5.25 Å². The highest BCUT2D eigenvalue weighted by molar-refractivity contribution is 8.00. The third kappa shape index (κ3) is 5.09. The van der Waals surface area contributed by atoms with Gasteiger partial charge in [-0.3, -0.25) is 0 Å². The summed E-state index contributed by atoms with van der Waals surface area (Å²) in [6.45, 7) is 8.41. The van der Waals surface area contributed by atoms with Crippen molar-refractivity contribution in [2.75, 3.05) is 47.4 Å². The van der Waals surface area contributed by atoms with Gasteiger partial charge in [-0.15, -0.1) is 24.9 Å². The highest BCUT2D eigenvalue weighted by Crippen LogP contribution is 2.57. The molecule has 1 aliphatic heterocycles. The van der Waals surface area contributed by atoms with Crippen molar-refractivity contribution in [1.29, 1.82) is 0 Å². The molecule has 0 unspecified atom stereocenters. The van der Waals surface area contributed by atoms with Crippen LogP contribution in [-0.2, 0) is 6.42 Å². The van der Waals surface area contributed by atoms with Gasteiger partial charge < -0.3 is 29.0 Å². The summed E-state index contributed by atoms with van der Waals surface area (Å²) in [6, 6.07) is 6.33. The van der Waals surface area contributed by atoms with Crippen molar-refractivity contribution in [3.8, 4) is 28.7 Å². The van der Waals surface area contributed by atoms with E-state index in [1.54, 1.807) is 35.5 Å². The average molecular weight is 486 g/mol. The van der Waals surface area contributed by atoms with Crippen molar-refractivity contribution >= 4 is 17.4 Å². The van der Waals surface area contributed by atoms with Crippen LogP contribution >= 0.6 is 11.8 Å². The molecule has 3 rings (SSSR count). The monoisotopic (exact) mass is 485 g/mol. The van der Waals surface area contributed by atoms with E-state index in [0.29, 0.717) is 35.5 Å². The van der Waals surface area contributed by atoms with Gasteiger partial charge in [0, 0.05) is 22.6 Å². The lowest BCUT2D eigenvalue weighted by atomic mass is 9.97. The molecule has 2 aromatic carbocycles. The molecule has 0 aliphatic carbocycles. The summed E-state index contributed by atoms with van der Waals surface area (Å²) in [5, 5.41) is 4.06. The molecule has 1 aliphatic rings. The van der Waals surface area contributed by atoms with E-state index in [4.69, 9.17) is 23.7 Å². The molecule has 34 heavy (non-hydrogen) atoms. The summed E-state index contributed by atoms with van der Waals surface area (Å²) in [6.07, 6.45) is 6.48. The van der Waals surface area contributed by atoms with E-state index in [1.165, 1.54) is 5.56 Å². The van der Waals surface area contributed by atoms with Gasteiger partial charge in [-0.25, -0.2) is 0 Å². The van der Waals surface area contributed by atoms with E-state index in [9.17, 15) is 0 Å². The van der Waals surface area contributed by atoms with Gasteiger partial charge >= 0.3 is 0 Å². The third-order valence-electron chi connectivity index (χ3n) is 5.96. The van der Waals surface area contributed by atoms with Crippen molar-refractivity contribution < 1.29 is 23.7 Å². The zero-order valence-electron chi connectivity index (χ0n) is 20.7. The third-order valence-corrected chi connectivity index (χ3v) is 7.62. The number of methoxy groups -OCH3 is 5. The lowest BCUT2D eigenvalue weighted by molar-refractivity contribution is 0.323. The van der Waals surface area contributed by atoms with Crippen LogP contribution in [0.1, 0.15) is 40.0 Å². The fourth-order valence-electron chi connectivity index (χ4n) is 4.45. The Bertz CT molecular complexity index is 998. The normalized spacial score (nSPS) is 17.1. The van der Waals surface area contributed by atoms with Gasteiger partial charge in [0.1, 0.15) is 0 Å². The fraction of sp³-hybridized carbons (Fsp3) is 0.407. The molecule has 1 N–H and O–H groups in total. The Morgan fingerprint density at radius 3 is 1.97 bits per heavy atom. The number of hydrogen-bond acceptors (Lipinski definition) is 7. The van der Waals surface area contributed by atoms with Crippen LogP contribution < -0.4 is 29.0 Å². The highest BCUT2D eigenvalue weighted by Gasteiger charge is 2.33.